The number of carbonyl (C=O) groups is 1. The lowest BCUT2D eigenvalue weighted by Crippen LogP contribution is -2.37. The molecule has 0 bridgehead atoms. The van der Waals surface area contributed by atoms with Gasteiger partial charge >= 0.3 is 0 Å². The molecule has 116 valence electrons. The summed E-state index contributed by atoms with van der Waals surface area (Å²) in [6.45, 7) is 8.05. The molecule has 1 atom stereocenters. The van der Waals surface area contributed by atoms with Gasteiger partial charge < -0.3 is 10.0 Å². The van der Waals surface area contributed by atoms with Crippen LogP contribution in [0.5, 0.6) is 0 Å². The highest BCUT2D eigenvalue weighted by Gasteiger charge is 2.21. The normalized spacial score (nSPS) is 18.3. The number of benzene rings is 1. The van der Waals surface area contributed by atoms with Gasteiger partial charge in [0.1, 0.15) is 0 Å². The predicted octanol–water partition coefficient (Wildman–Crippen LogP) is 1.91. The molecule has 2 rings (SSSR count). The number of aliphatic hydroxyl groups excluding tert-OH is 1. The van der Waals surface area contributed by atoms with Crippen LogP contribution in [-0.4, -0.2) is 59.6 Å². The minimum Gasteiger partial charge on any atom is -0.392 e. The molecule has 0 aromatic heterocycles. The highest BCUT2D eigenvalue weighted by Crippen LogP contribution is 2.11. The van der Waals surface area contributed by atoms with Crippen molar-refractivity contribution in [3.05, 3.63) is 35.4 Å². The molecule has 1 fully saturated rings. The van der Waals surface area contributed by atoms with Gasteiger partial charge in [-0.25, -0.2) is 0 Å². The zero-order valence-corrected chi connectivity index (χ0v) is 13.1. The number of hydrogen-bond donors (Lipinski definition) is 1. The summed E-state index contributed by atoms with van der Waals surface area (Å²) in [5, 5.41) is 9.76. The number of carbonyl (C=O) groups excluding carboxylic acids is 1. The average molecular weight is 290 g/mol. The van der Waals surface area contributed by atoms with Gasteiger partial charge in [0.15, 0.2) is 0 Å². The highest BCUT2D eigenvalue weighted by molar-refractivity contribution is 5.94. The van der Waals surface area contributed by atoms with E-state index >= 15 is 0 Å². The molecular weight excluding hydrogens is 264 g/mol. The molecule has 1 amide bonds. The fourth-order valence-corrected chi connectivity index (χ4v) is 2.74. The Morgan fingerprint density at radius 2 is 2.10 bits per heavy atom. The van der Waals surface area contributed by atoms with E-state index in [-0.39, 0.29) is 12.0 Å². The number of aliphatic hydroxyl groups is 1. The second kappa shape index (κ2) is 7.57. The van der Waals surface area contributed by atoms with Gasteiger partial charge in [-0.05, 0) is 38.4 Å². The van der Waals surface area contributed by atoms with Crippen molar-refractivity contribution in [2.24, 2.45) is 0 Å². The van der Waals surface area contributed by atoms with Crippen LogP contribution >= 0.6 is 0 Å². The van der Waals surface area contributed by atoms with E-state index in [0.29, 0.717) is 6.54 Å². The Labute approximate surface area is 127 Å². The van der Waals surface area contributed by atoms with Gasteiger partial charge in [0.25, 0.3) is 5.91 Å². The summed E-state index contributed by atoms with van der Waals surface area (Å²) in [6, 6.07) is 7.78. The van der Waals surface area contributed by atoms with Crippen LogP contribution in [0.2, 0.25) is 0 Å². The Bertz CT molecular complexity index is 476. The maximum absolute atomic E-state index is 12.5. The molecule has 1 aliphatic heterocycles. The first-order chi connectivity index (χ1) is 10.1. The van der Waals surface area contributed by atoms with E-state index in [1.807, 2.05) is 43.0 Å². The van der Waals surface area contributed by atoms with Crippen LogP contribution in [0.1, 0.15) is 35.7 Å². The van der Waals surface area contributed by atoms with E-state index in [1.165, 1.54) is 0 Å². The molecule has 0 unspecified atom stereocenters. The lowest BCUT2D eigenvalue weighted by atomic mass is 10.1. The van der Waals surface area contributed by atoms with Crippen LogP contribution in [0.3, 0.4) is 0 Å². The SMILES string of the molecule is CC[C@@H](O)CN1CCCN(C(=O)c2cccc(C)c2)CC1. The molecule has 0 spiro atoms. The molecule has 1 aliphatic rings. The maximum Gasteiger partial charge on any atom is 0.253 e. The number of nitrogens with zero attached hydrogens (tertiary/aromatic N) is 2. The van der Waals surface area contributed by atoms with E-state index < -0.39 is 0 Å². The summed E-state index contributed by atoms with van der Waals surface area (Å²) in [7, 11) is 0. The summed E-state index contributed by atoms with van der Waals surface area (Å²) >= 11 is 0. The van der Waals surface area contributed by atoms with Crippen molar-refractivity contribution in [2.75, 3.05) is 32.7 Å². The largest absolute Gasteiger partial charge is 0.392 e. The Kier molecular flexibility index (Phi) is 5.76. The van der Waals surface area contributed by atoms with Gasteiger partial charge in [0, 0.05) is 31.7 Å². The van der Waals surface area contributed by atoms with Crippen LogP contribution < -0.4 is 0 Å². The highest BCUT2D eigenvalue weighted by atomic mass is 16.3. The second-order valence-corrected chi connectivity index (χ2v) is 5.88. The topological polar surface area (TPSA) is 43.8 Å². The Balaban J connectivity index is 1.95. The van der Waals surface area contributed by atoms with E-state index in [9.17, 15) is 9.90 Å². The van der Waals surface area contributed by atoms with E-state index in [1.54, 1.807) is 0 Å². The second-order valence-electron chi connectivity index (χ2n) is 5.88. The van der Waals surface area contributed by atoms with Crippen LogP contribution in [0.25, 0.3) is 0 Å². The molecule has 0 radical (unpaired) electrons. The molecule has 1 aromatic carbocycles. The third kappa shape index (κ3) is 4.55. The fourth-order valence-electron chi connectivity index (χ4n) is 2.74. The van der Waals surface area contributed by atoms with Gasteiger partial charge in [-0.1, -0.05) is 24.6 Å². The molecule has 0 aliphatic carbocycles. The van der Waals surface area contributed by atoms with Crippen molar-refractivity contribution in [1.82, 2.24) is 9.80 Å². The lowest BCUT2D eigenvalue weighted by molar-refractivity contribution is 0.0754. The monoisotopic (exact) mass is 290 g/mol. The van der Waals surface area contributed by atoms with Gasteiger partial charge in [-0.3, -0.25) is 9.69 Å². The molecule has 1 N–H and O–H groups in total. The van der Waals surface area contributed by atoms with Crippen LogP contribution in [0.4, 0.5) is 0 Å². The Morgan fingerprint density at radius 3 is 2.81 bits per heavy atom. The standard InChI is InChI=1S/C17H26N2O2/c1-3-16(20)13-18-8-5-9-19(11-10-18)17(21)15-7-4-6-14(2)12-15/h4,6-7,12,16,20H,3,5,8-11,13H2,1-2H3/t16-/m1/s1. The van der Waals surface area contributed by atoms with Gasteiger partial charge in [0.05, 0.1) is 6.10 Å². The zero-order valence-electron chi connectivity index (χ0n) is 13.1. The average Bonchev–Trinajstić information content (AvgIpc) is 2.72. The van der Waals surface area contributed by atoms with Crippen LogP contribution in [-0.2, 0) is 0 Å². The Morgan fingerprint density at radius 1 is 1.29 bits per heavy atom. The van der Waals surface area contributed by atoms with E-state index in [4.69, 9.17) is 0 Å². The smallest absolute Gasteiger partial charge is 0.253 e. The van der Waals surface area contributed by atoms with Gasteiger partial charge in [-0.2, -0.15) is 0 Å². The minimum atomic E-state index is -0.260. The quantitative estimate of drug-likeness (QED) is 0.921. The first-order valence-corrected chi connectivity index (χ1v) is 7.86. The third-order valence-corrected chi connectivity index (χ3v) is 4.08. The molecule has 1 aromatic rings. The van der Waals surface area contributed by atoms with E-state index in [2.05, 4.69) is 4.90 Å². The van der Waals surface area contributed by atoms with Crippen LogP contribution in [0.15, 0.2) is 24.3 Å². The van der Waals surface area contributed by atoms with Crippen molar-refractivity contribution in [1.29, 1.82) is 0 Å². The van der Waals surface area contributed by atoms with E-state index in [0.717, 1.165) is 50.1 Å². The maximum atomic E-state index is 12.5. The predicted molar refractivity (Wildman–Crippen MR) is 84.4 cm³/mol. The van der Waals surface area contributed by atoms with Crippen molar-refractivity contribution >= 4 is 5.91 Å². The van der Waals surface area contributed by atoms with Gasteiger partial charge in [-0.15, -0.1) is 0 Å². The fraction of sp³-hybridized carbons (Fsp3) is 0.588. The molecule has 1 heterocycles. The number of amides is 1. The van der Waals surface area contributed by atoms with Crippen LogP contribution in [0, 0.1) is 6.92 Å². The number of hydrogen-bond acceptors (Lipinski definition) is 3. The molecule has 0 saturated carbocycles. The molecule has 4 heteroatoms. The molecule has 21 heavy (non-hydrogen) atoms. The zero-order chi connectivity index (χ0) is 15.2. The third-order valence-electron chi connectivity index (χ3n) is 4.08. The summed E-state index contributed by atoms with van der Waals surface area (Å²) in [4.78, 5) is 16.7. The summed E-state index contributed by atoms with van der Waals surface area (Å²) in [5.41, 5.74) is 1.89. The first-order valence-electron chi connectivity index (χ1n) is 7.86. The Hall–Kier alpha value is -1.39. The van der Waals surface area contributed by atoms with Crippen molar-refractivity contribution < 1.29 is 9.90 Å². The van der Waals surface area contributed by atoms with Crippen molar-refractivity contribution in [3.8, 4) is 0 Å². The molecular formula is C17H26N2O2. The number of aryl methyl sites for hydroxylation is 1. The van der Waals surface area contributed by atoms with Crippen molar-refractivity contribution in [3.63, 3.8) is 0 Å². The molecule has 1 saturated heterocycles. The summed E-state index contributed by atoms with van der Waals surface area (Å²) in [5.74, 6) is 0.122. The first kappa shape index (κ1) is 16.0. The minimum absolute atomic E-state index is 0.122. The number of rotatable bonds is 4. The van der Waals surface area contributed by atoms with Crippen molar-refractivity contribution in [2.45, 2.75) is 32.8 Å². The summed E-state index contributed by atoms with van der Waals surface area (Å²) < 4.78 is 0. The summed E-state index contributed by atoms with van der Waals surface area (Å²) in [6.07, 6.45) is 1.49. The molecule has 4 nitrogen and oxygen atoms in total. The number of β-amino-alcohol motifs (C(OH)–C–C–N with tert-alkyl or cyclic N) is 1. The van der Waals surface area contributed by atoms with Gasteiger partial charge in [0.2, 0.25) is 0 Å². The lowest BCUT2D eigenvalue weighted by Gasteiger charge is -2.23.